The van der Waals surface area contributed by atoms with E-state index in [1.54, 1.807) is 24.3 Å². The summed E-state index contributed by atoms with van der Waals surface area (Å²) in [5.41, 5.74) is 8.83. The Morgan fingerprint density at radius 1 is 1.06 bits per heavy atom. The molecule has 0 saturated heterocycles. The summed E-state index contributed by atoms with van der Waals surface area (Å²) in [5.74, 6) is -2.94. The first-order valence-electron chi connectivity index (χ1n) is 9.28. The first kappa shape index (κ1) is 24.8. The molecule has 0 spiro atoms. The van der Waals surface area contributed by atoms with Crippen molar-refractivity contribution < 1.29 is 42.2 Å². The van der Waals surface area contributed by atoms with Gasteiger partial charge in [0.2, 0.25) is 0 Å². The first-order valence-corrected chi connectivity index (χ1v) is 9.28. The van der Waals surface area contributed by atoms with Crippen LogP contribution in [0, 0.1) is 13.8 Å². The Labute approximate surface area is 181 Å². The number of amides is 2. The number of carboxylic acid groups (broad SMARTS) is 1. The third-order valence-electron chi connectivity index (χ3n) is 4.20. The van der Waals surface area contributed by atoms with Crippen molar-refractivity contribution in [2.75, 3.05) is 13.2 Å². The molecule has 2 amide bonds. The van der Waals surface area contributed by atoms with Gasteiger partial charge in [-0.1, -0.05) is 29.8 Å². The summed E-state index contributed by atoms with van der Waals surface area (Å²) >= 11 is 0. The molecule has 1 atom stereocenters. The molecule has 32 heavy (non-hydrogen) atoms. The fourth-order valence-electron chi connectivity index (χ4n) is 2.66. The van der Waals surface area contributed by atoms with Crippen LogP contribution in [0.1, 0.15) is 31.8 Å². The van der Waals surface area contributed by atoms with Gasteiger partial charge in [-0.3, -0.25) is 14.4 Å². The Morgan fingerprint density at radius 3 is 2.06 bits per heavy atom. The second kappa shape index (κ2) is 10.2. The lowest BCUT2D eigenvalue weighted by Gasteiger charge is -2.18. The maximum atomic E-state index is 12.2. The number of benzene rings is 2. The number of ether oxygens (including phenoxy) is 1. The monoisotopic (exact) mass is 454 g/mol. The van der Waals surface area contributed by atoms with Crippen LogP contribution in [0.15, 0.2) is 42.5 Å². The van der Waals surface area contributed by atoms with Gasteiger partial charge in [0, 0.05) is 0 Å². The average molecular weight is 454 g/mol. The van der Waals surface area contributed by atoms with Crippen LogP contribution in [-0.4, -0.2) is 53.4 Å². The van der Waals surface area contributed by atoms with E-state index in [2.05, 4.69) is 0 Å². The summed E-state index contributed by atoms with van der Waals surface area (Å²) in [4.78, 5) is 38.6. The fourth-order valence-corrected chi connectivity index (χ4v) is 2.66. The molecule has 11 heteroatoms. The molecule has 172 valence electrons. The van der Waals surface area contributed by atoms with Gasteiger partial charge in [0.05, 0.1) is 23.8 Å². The van der Waals surface area contributed by atoms with Gasteiger partial charge in [-0.15, -0.1) is 5.06 Å². The number of nitrogens with zero attached hydrogens (tertiary/aromatic N) is 1. The average Bonchev–Trinajstić information content (AvgIpc) is 2.96. The number of alkyl halides is 3. The van der Waals surface area contributed by atoms with E-state index >= 15 is 0 Å². The number of imide groups is 1. The molecule has 1 aliphatic rings. The van der Waals surface area contributed by atoms with Crippen molar-refractivity contribution in [3.8, 4) is 5.75 Å². The van der Waals surface area contributed by atoms with Crippen LogP contribution in [-0.2, 0) is 9.63 Å². The molecule has 2 aromatic carbocycles. The summed E-state index contributed by atoms with van der Waals surface area (Å²) in [6, 6.07) is 12.0. The number of carbonyl (C=O) groups is 3. The predicted molar refractivity (Wildman–Crippen MR) is 106 cm³/mol. The van der Waals surface area contributed by atoms with Gasteiger partial charge < -0.3 is 15.6 Å². The van der Waals surface area contributed by atoms with E-state index in [4.69, 9.17) is 25.2 Å². The van der Waals surface area contributed by atoms with E-state index < -0.39 is 30.0 Å². The molecule has 1 unspecified atom stereocenters. The number of fused-ring (bicyclic) bond motifs is 1. The molecule has 0 fully saturated rings. The van der Waals surface area contributed by atoms with Gasteiger partial charge in [0.25, 0.3) is 11.8 Å². The summed E-state index contributed by atoms with van der Waals surface area (Å²) in [6.45, 7) is 4.19. The highest BCUT2D eigenvalue weighted by molar-refractivity contribution is 6.20. The first-order chi connectivity index (χ1) is 14.9. The van der Waals surface area contributed by atoms with Gasteiger partial charge in [0.1, 0.15) is 12.4 Å². The lowest BCUT2D eigenvalue weighted by molar-refractivity contribution is -0.192. The standard InChI is InChI=1S/C19H20N2O4.C2HF3O2/c1-12-7-8-17(13(2)9-12)24-10-14(20)11-25-21-18(22)15-5-3-4-6-16(15)19(21)23;3-2(4,5)1(6)7/h3-9,14H,10-11,20H2,1-2H3;(H,6,7). The number of carboxylic acids is 1. The smallest absolute Gasteiger partial charge is 0.490 e. The lowest BCUT2D eigenvalue weighted by Crippen LogP contribution is -2.39. The van der Waals surface area contributed by atoms with Crippen molar-refractivity contribution in [3.63, 3.8) is 0 Å². The van der Waals surface area contributed by atoms with Gasteiger partial charge in [-0.25, -0.2) is 4.79 Å². The van der Waals surface area contributed by atoms with Gasteiger partial charge in [0.15, 0.2) is 0 Å². The second-order valence-electron chi connectivity index (χ2n) is 6.89. The van der Waals surface area contributed by atoms with Crippen LogP contribution in [0.3, 0.4) is 0 Å². The highest BCUT2D eigenvalue weighted by Gasteiger charge is 2.38. The van der Waals surface area contributed by atoms with E-state index in [9.17, 15) is 22.8 Å². The van der Waals surface area contributed by atoms with Crippen LogP contribution in [0.2, 0.25) is 0 Å². The van der Waals surface area contributed by atoms with Crippen LogP contribution in [0.4, 0.5) is 13.2 Å². The number of aliphatic carboxylic acids is 1. The molecular weight excluding hydrogens is 433 g/mol. The zero-order valence-electron chi connectivity index (χ0n) is 17.2. The summed E-state index contributed by atoms with van der Waals surface area (Å²) in [5, 5.41) is 7.89. The van der Waals surface area contributed by atoms with Crippen molar-refractivity contribution in [2.45, 2.75) is 26.1 Å². The minimum absolute atomic E-state index is 0.00359. The number of nitrogens with two attached hydrogens (primary N) is 1. The van der Waals surface area contributed by atoms with E-state index in [0.29, 0.717) is 11.1 Å². The van der Waals surface area contributed by atoms with Crippen molar-refractivity contribution in [1.29, 1.82) is 0 Å². The third kappa shape index (κ3) is 6.28. The minimum atomic E-state index is -5.08. The largest absolute Gasteiger partial charge is 0.492 e. The molecule has 0 saturated carbocycles. The molecule has 3 N–H and O–H groups in total. The predicted octanol–water partition coefficient (Wildman–Crippen LogP) is 2.87. The fraction of sp³-hybridized carbons (Fsp3) is 0.286. The number of halogens is 3. The number of rotatable bonds is 6. The molecule has 0 aromatic heterocycles. The SMILES string of the molecule is Cc1ccc(OCC(N)CON2C(=O)c3ccccc3C2=O)c(C)c1.O=C(O)C(F)(F)F. The van der Waals surface area contributed by atoms with Crippen molar-refractivity contribution >= 4 is 17.8 Å². The zero-order chi connectivity index (χ0) is 24.1. The Morgan fingerprint density at radius 2 is 1.59 bits per heavy atom. The number of carbonyl (C=O) groups excluding carboxylic acids is 2. The molecule has 0 bridgehead atoms. The lowest BCUT2D eigenvalue weighted by atomic mass is 10.1. The van der Waals surface area contributed by atoms with Crippen LogP contribution < -0.4 is 10.5 Å². The Kier molecular flexibility index (Phi) is 7.95. The van der Waals surface area contributed by atoms with Crippen molar-refractivity contribution in [2.24, 2.45) is 5.73 Å². The Hall–Kier alpha value is -3.44. The van der Waals surface area contributed by atoms with Gasteiger partial charge in [-0.2, -0.15) is 13.2 Å². The number of hydrogen-bond acceptors (Lipinski definition) is 6. The highest BCUT2D eigenvalue weighted by atomic mass is 19.4. The van der Waals surface area contributed by atoms with Crippen molar-refractivity contribution in [1.82, 2.24) is 5.06 Å². The molecular formula is C21H21F3N2O6. The summed E-state index contributed by atoms with van der Waals surface area (Å²) in [6.07, 6.45) is -5.08. The molecule has 3 rings (SSSR count). The molecule has 0 radical (unpaired) electrons. The zero-order valence-corrected chi connectivity index (χ0v) is 17.2. The number of hydroxylamine groups is 2. The summed E-state index contributed by atoms with van der Waals surface area (Å²) in [7, 11) is 0. The van der Waals surface area contributed by atoms with Crippen LogP contribution in [0.5, 0.6) is 5.75 Å². The molecule has 1 aliphatic heterocycles. The molecule has 1 heterocycles. The molecule has 2 aromatic rings. The molecule has 0 aliphatic carbocycles. The third-order valence-corrected chi connectivity index (χ3v) is 4.20. The van der Waals surface area contributed by atoms with Crippen LogP contribution in [0.25, 0.3) is 0 Å². The Balaban J connectivity index is 0.000000451. The highest BCUT2D eigenvalue weighted by Crippen LogP contribution is 2.23. The number of hydrogen-bond donors (Lipinski definition) is 2. The van der Waals surface area contributed by atoms with Crippen LogP contribution >= 0.6 is 0 Å². The topological polar surface area (TPSA) is 119 Å². The van der Waals surface area contributed by atoms with E-state index in [0.717, 1.165) is 21.9 Å². The van der Waals surface area contributed by atoms with Gasteiger partial charge >= 0.3 is 12.1 Å². The van der Waals surface area contributed by atoms with E-state index in [1.807, 2.05) is 32.0 Å². The minimum Gasteiger partial charge on any atom is -0.492 e. The van der Waals surface area contributed by atoms with E-state index in [-0.39, 0.29) is 13.2 Å². The molecule has 8 nitrogen and oxygen atoms in total. The van der Waals surface area contributed by atoms with Gasteiger partial charge in [-0.05, 0) is 37.6 Å². The quantitative estimate of drug-likeness (QED) is 0.644. The van der Waals surface area contributed by atoms with E-state index in [1.165, 1.54) is 0 Å². The summed E-state index contributed by atoms with van der Waals surface area (Å²) < 4.78 is 37.4. The maximum absolute atomic E-state index is 12.2. The maximum Gasteiger partial charge on any atom is 0.490 e. The second-order valence-corrected chi connectivity index (χ2v) is 6.89. The van der Waals surface area contributed by atoms with Crippen molar-refractivity contribution in [3.05, 3.63) is 64.7 Å². The normalized spacial score (nSPS) is 13.9. The Bertz CT molecular complexity index is 974. The number of aryl methyl sites for hydroxylation is 2.